The molecule has 0 heterocycles. The summed E-state index contributed by atoms with van der Waals surface area (Å²) in [5, 5.41) is 0. The van der Waals surface area contributed by atoms with E-state index in [1.165, 1.54) is 0 Å². The van der Waals surface area contributed by atoms with Crippen LogP contribution in [0.4, 0.5) is 4.79 Å². The highest BCUT2D eigenvalue weighted by molar-refractivity contribution is 5.98. The van der Waals surface area contributed by atoms with Crippen LogP contribution >= 0.6 is 0 Å². The normalized spacial score (nSPS) is 11.8. The van der Waals surface area contributed by atoms with Gasteiger partial charge in [-0.3, -0.25) is 0 Å². The van der Waals surface area contributed by atoms with Crippen molar-refractivity contribution in [1.29, 1.82) is 0 Å². The number of ether oxygens (including phenoxy) is 2. The lowest BCUT2D eigenvalue weighted by atomic mass is 9.93. The Balaban J connectivity index is 1.79. The van der Waals surface area contributed by atoms with Gasteiger partial charge in [-0.25, -0.2) is 9.59 Å². The van der Waals surface area contributed by atoms with Crippen molar-refractivity contribution >= 4 is 12.1 Å². The summed E-state index contributed by atoms with van der Waals surface area (Å²) in [4.78, 5) is 24.9. The van der Waals surface area contributed by atoms with Crippen molar-refractivity contribution in [2.75, 3.05) is 0 Å². The zero-order chi connectivity index (χ0) is 22.9. The molecule has 0 amide bonds. The molecule has 1 atom stereocenters. The van der Waals surface area contributed by atoms with Crippen LogP contribution in [0.15, 0.2) is 78.9 Å². The summed E-state index contributed by atoms with van der Waals surface area (Å²) in [6, 6.07) is 25.1. The molecule has 0 fully saturated rings. The summed E-state index contributed by atoms with van der Waals surface area (Å²) in [6.45, 7) is 6.06. The monoisotopic (exact) mass is 430 g/mol. The van der Waals surface area contributed by atoms with Gasteiger partial charge in [0, 0.05) is 0 Å². The second-order valence-electron chi connectivity index (χ2n) is 7.98. The Morgan fingerprint density at radius 1 is 0.781 bits per heavy atom. The Hall–Kier alpha value is -3.40. The van der Waals surface area contributed by atoms with Crippen molar-refractivity contribution in [3.63, 3.8) is 0 Å². The van der Waals surface area contributed by atoms with E-state index >= 15 is 0 Å². The van der Waals surface area contributed by atoms with Gasteiger partial charge >= 0.3 is 12.1 Å². The topological polar surface area (TPSA) is 52.6 Å². The molecule has 0 aliphatic carbocycles. The summed E-state index contributed by atoms with van der Waals surface area (Å²) >= 11 is 0. The standard InChI is InChI=1S/C28H30O4/c1-4-21(5-2)18-20(3)31-28(30)32-27(29)24-16-17-25(22-12-8-6-9-13-22)26(19-24)23-14-10-7-11-15-23/h6-17,19-21H,4-5,18H2,1-3H3/t20-/m1/s1. The van der Waals surface area contributed by atoms with Gasteiger partial charge in [0.25, 0.3) is 0 Å². The zero-order valence-corrected chi connectivity index (χ0v) is 18.9. The van der Waals surface area contributed by atoms with E-state index in [0.29, 0.717) is 11.5 Å². The molecule has 0 aromatic heterocycles. The van der Waals surface area contributed by atoms with E-state index in [1.807, 2.05) is 73.7 Å². The third-order valence-corrected chi connectivity index (χ3v) is 5.72. The average molecular weight is 431 g/mol. The molecule has 3 aromatic rings. The minimum atomic E-state index is -0.957. The lowest BCUT2D eigenvalue weighted by Gasteiger charge is -2.18. The molecule has 0 aliphatic heterocycles. The predicted octanol–water partition coefficient (Wildman–Crippen LogP) is 7.53. The first-order chi connectivity index (χ1) is 15.5. The zero-order valence-electron chi connectivity index (χ0n) is 18.9. The molecular weight excluding hydrogens is 400 g/mol. The Bertz CT molecular complexity index is 1020. The summed E-state index contributed by atoms with van der Waals surface area (Å²) in [5.41, 5.74) is 4.20. The van der Waals surface area contributed by atoms with Gasteiger partial charge in [0.05, 0.1) is 5.56 Å². The first-order valence-electron chi connectivity index (χ1n) is 11.2. The van der Waals surface area contributed by atoms with Gasteiger partial charge in [0.1, 0.15) is 6.10 Å². The van der Waals surface area contributed by atoms with Crippen LogP contribution in [0.3, 0.4) is 0 Å². The first kappa shape index (κ1) is 23.3. The van der Waals surface area contributed by atoms with Crippen molar-refractivity contribution < 1.29 is 19.1 Å². The molecule has 0 unspecified atom stereocenters. The minimum Gasteiger partial charge on any atom is -0.431 e. The van der Waals surface area contributed by atoms with Crippen molar-refractivity contribution in [1.82, 2.24) is 0 Å². The smallest absolute Gasteiger partial charge is 0.431 e. The number of esters is 1. The van der Waals surface area contributed by atoms with Gasteiger partial charge in [0.2, 0.25) is 0 Å². The summed E-state index contributed by atoms with van der Waals surface area (Å²) < 4.78 is 10.3. The molecule has 0 radical (unpaired) electrons. The van der Waals surface area contributed by atoms with E-state index in [-0.39, 0.29) is 6.10 Å². The van der Waals surface area contributed by atoms with Crippen LogP contribution < -0.4 is 0 Å². The third-order valence-electron chi connectivity index (χ3n) is 5.72. The Labute approximate surface area is 190 Å². The van der Waals surface area contributed by atoms with Crippen LogP contribution in [0.25, 0.3) is 22.3 Å². The lowest BCUT2D eigenvalue weighted by Crippen LogP contribution is -2.21. The number of benzene rings is 3. The number of rotatable bonds is 8. The summed E-state index contributed by atoms with van der Waals surface area (Å²) in [6.07, 6.45) is 1.53. The molecule has 166 valence electrons. The van der Waals surface area contributed by atoms with Crippen LogP contribution in [-0.4, -0.2) is 18.2 Å². The highest BCUT2D eigenvalue weighted by atomic mass is 16.7. The van der Waals surface area contributed by atoms with Crippen molar-refractivity contribution in [2.45, 2.75) is 46.1 Å². The van der Waals surface area contributed by atoms with E-state index in [4.69, 9.17) is 9.47 Å². The molecule has 4 heteroatoms. The van der Waals surface area contributed by atoms with Gasteiger partial charge in [-0.2, -0.15) is 0 Å². The molecule has 32 heavy (non-hydrogen) atoms. The summed E-state index contributed by atoms with van der Waals surface area (Å²) in [5.74, 6) is -0.242. The fraction of sp³-hybridized carbons (Fsp3) is 0.286. The van der Waals surface area contributed by atoms with Crippen molar-refractivity contribution in [3.05, 3.63) is 84.4 Å². The van der Waals surface area contributed by atoms with Crippen LogP contribution in [-0.2, 0) is 9.47 Å². The maximum atomic E-state index is 12.7. The Kier molecular flexibility index (Phi) is 8.20. The van der Waals surface area contributed by atoms with Crippen LogP contribution in [0.1, 0.15) is 50.4 Å². The second-order valence-corrected chi connectivity index (χ2v) is 7.98. The van der Waals surface area contributed by atoms with Crippen LogP contribution in [0.2, 0.25) is 0 Å². The number of carbonyl (C=O) groups excluding carboxylic acids is 2. The van der Waals surface area contributed by atoms with Gasteiger partial charge < -0.3 is 9.47 Å². The Morgan fingerprint density at radius 3 is 1.91 bits per heavy atom. The van der Waals surface area contributed by atoms with E-state index in [9.17, 15) is 9.59 Å². The number of carbonyl (C=O) groups is 2. The third kappa shape index (κ3) is 6.07. The molecule has 0 aliphatic rings. The fourth-order valence-corrected chi connectivity index (χ4v) is 3.86. The lowest BCUT2D eigenvalue weighted by molar-refractivity contribution is 0.0201. The molecule has 0 N–H and O–H groups in total. The molecule has 4 nitrogen and oxygen atoms in total. The second kappa shape index (κ2) is 11.3. The molecule has 0 saturated heterocycles. The van der Waals surface area contributed by atoms with Crippen molar-refractivity contribution in [3.8, 4) is 22.3 Å². The number of hydrogen-bond acceptors (Lipinski definition) is 4. The minimum absolute atomic E-state index is 0.299. The van der Waals surface area contributed by atoms with Crippen LogP contribution in [0, 0.1) is 5.92 Å². The maximum absolute atomic E-state index is 12.7. The SMILES string of the molecule is CCC(CC)C[C@@H](C)OC(=O)OC(=O)c1ccc(-c2ccccc2)c(-c2ccccc2)c1. The Morgan fingerprint density at radius 2 is 1.34 bits per heavy atom. The average Bonchev–Trinajstić information content (AvgIpc) is 2.83. The largest absolute Gasteiger partial charge is 0.516 e. The molecule has 0 bridgehead atoms. The van der Waals surface area contributed by atoms with Gasteiger partial charge in [0.15, 0.2) is 0 Å². The molecule has 0 saturated carbocycles. The maximum Gasteiger partial charge on any atom is 0.516 e. The molecule has 3 rings (SSSR count). The first-order valence-corrected chi connectivity index (χ1v) is 11.2. The molecule has 3 aromatic carbocycles. The summed E-state index contributed by atoms with van der Waals surface area (Å²) in [7, 11) is 0. The highest BCUT2D eigenvalue weighted by Gasteiger charge is 2.20. The molecule has 0 spiro atoms. The van der Waals surface area contributed by atoms with Gasteiger partial charge in [-0.1, -0.05) is 93.4 Å². The highest BCUT2D eigenvalue weighted by Crippen LogP contribution is 2.33. The predicted molar refractivity (Wildman–Crippen MR) is 127 cm³/mol. The van der Waals surface area contributed by atoms with E-state index in [0.717, 1.165) is 41.5 Å². The quantitative estimate of drug-likeness (QED) is 0.274. The van der Waals surface area contributed by atoms with Gasteiger partial charge in [-0.05, 0) is 53.6 Å². The van der Waals surface area contributed by atoms with Crippen LogP contribution in [0.5, 0.6) is 0 Å². The van der Waals surface area contributed by atoms with E-state index in [2.05, 4.69) is 13.8 Å². The number of hydrogen-bond donors (Lipinski definition) is 0. The van der Waals surface area contributed by atoms with E-state index in [1.54, 1.807) is 12.1 Å². The fourth-order valence-electron chi connectivity index (χ4n) is 3.86. The van der Waals surface area contributed by atoms with Gasteiger partial charge in [-0.15, -0.1) is 0 Å². The molecular formula is C28H30O4. The van der Waals surface area contributed by atoms with E-state index < -0.39 is 12.1 Å². The van der Waals surface area contributed by atoms with Crippen molar-refractivity contribution in [2.24, 2.45) is 5.92 Å².